The van der Waals surface area contributed by atoms with Crippen molar-refractivity contribution < 1.29 is 5.11 Å². The van der Waals surface area contributed by atoms with Crippen molar-refractivity contribution in [1.29, 1.82) is 0 Å². The van der Waals surface area contributed by atoms with E-state index in [0.717, 1.165) is 19.4 Å². The van der Waals surface area contributed by atoms with E-state index in [1.165, 1.54) is 6.07 Å². The molecule has 1 atom stereocenters. The molecule has 128 valence electrons. The highest BCUT2D eigenvalue weighted by Crippen LogP contribution is 2.33. The number of hydrogen-bond acceptors (Lipinski definition) is 7. The molecule has 9 heteroatoms. The fourth-order valence-corrected chi connectivity index (χ4v) is 3.44. The van der Waals surface area contributed by atoms with Crippen molar-refractivity contribution in [3.05, 3.63) is 40.5 Å². The third-order valence-corrected chi connectivity index (χ3v) is 4.70. The highest BCUT2D eigenvalue weighted by molar-refractivity contribution is 6.31. The molecule has 3 heterocycles. The lowest BCUT2D eigenvalue weighted by Crippen LogP contribution is -2.33. The number of anilines is 1. The summed E-state index contributed by atoms with van der Waals surface area (Å²) in [6, 6.07) is 4.87. The summed E-state index contributed by atoms with van der Waals surface area (Å²) in [5.41, 5.74) is 1.35. The first-order valence-corrected chi connectivity index (χ1v) is 8.31. The van der Waals surface area contributed by atoms with Crippen molar-refractivity contribution >= 4 is 28.8 Å². The molecule has 8 nitrogen and oxygen atoms in total. The van der Waals surface area contributed by atoms with Gasteiger partial charge in [-0.3, -0.25) is 4.40 Å². The minimum Gasteiger partial charge on any atom is -0.394 e. The number of aliphatic hydroxyl groups excluding tert-OH is 1. The molecule has 0 bridgehead atoms. The van der Waals surface area contributed by atoms with Crippen molar-refractivity contribution in [3.8, 4) is 11.4 Å². The van der Waals surface area contributed by atoms with Crippen LogP contribution < -0.4 is 4.90 Å². The maximum atomic E-state index is 11.2. The van der Waals surface area contributed by atoms with Crippen LogP contribution in [0.3, 0.4) is 0 Å². The SMILES string of the molecule is O=Nc1cc(Cl)ccc1-c1nnc(N2CCC[C@H]2CO)c2nccn12. The van der Waals surface area contributed by atoms with E-state index >= 15 is 0 Å². The Morgan fingerprint density at radius 1 is 1.36 bits per heavy atom. The van der Waals surface area contributed by atoms with E-state index in [9.17, 15) is 10.0 Å². The van der Waals surface area contributed by atoms with Gasteiger partial charge in [-0.05, 0) is 36.2 Å². The van der Waals surface area contributed by atoms with Gasteiger partial charge in [0.15, 0.2) is 17.3 Å². The predicted molar refractivity (Wildman–Crippen MR) is 94.1 cm³/mol. The van der Waals surface area contributed by atoms with E-state index < -0.39 is 0 Å². The largest absolute Gasteiger partial charge is 0.394 e. The third kappa shape index (κ3) is 2.63. The fourth-order valence-electron chi connectivity index (χ4n) is 3.27. The summed E-state index contributed by atoms with van der Waals surface area (Å²) in [6.07, 6.45) is 5.30. The van der Waals surface area contributed by atoms with Crippen LogP contribution in [-0.4, -0.2) is 43.9 Å². The van der Waals surface area contributed by atoms with Crippen molar-refractivity contribution in [1.82, 2.24) is 19.6 Å². The highest BCUT2D eigenvalue weighted by atomic mass is 35.5. The van der Waals surface area contributed by atoms with E-state index in [1.807, 2.05) is 4.90 Å². The van der Waals surface area contributed by atoms with Gasteiger partial charge in [0.2, 0.25) is 0 Å². The van der Waals surface area contributed by atoms with Crippen LogP contribution >= 0.6 is 11.6 Å². The van der Waals surface area contributed by atoms with Crippen molar-refractivity contribution in [2.45, 2.75) is 18.9 Å². The number of nitroso groups, excluding NO2 is 1. The van der Waals surface area contributed by atoms with E-state index in [1.54, 1.807) is 28.9 Å². The van der Waals surface area contributed by atoms with Crippen LogP contribution in [0.4, 0.5) is 11.5 Å². The van der Waals surface area contributed by atoms with Gasteiger partial charge in [-0.25, -0.2) is 4.98 Å². The maximum absolute atomic E-state index is 11.2. The lowest BCUT2D eigenvalue weighted by Gasteiger charge is -2.24. The molecule has 0 unspecified atom stereocenters. The molecule has 1 N–H and O–H groups in total. The van der Waals surface area contributed by atoms with Gasteiger partial charge in [-0.1, -0.05) is 11.6 Å². The number of aromatic nitrogens is 4. The Hall–Kier alpha value is -2.58. The van der Waals surface area contributed by atoms with Gasteiger partial charge < -0.3 is 10.0 Å². The van der Waals surface area contributed by atoms with Crippen LogP contribution in [0.15, 0.2) is 35.8 Å². The fraction of sp³-hybridized carbons (Fsp3) is 0.312. The molecule has 1 fully saturated rings. The second kappa shape index (κ2) is 6.38. The Kier molecular flexibility index (Phi) is 4.06. The molecule has 1 aromatic carbocycles. The maximum Gasteiger partial charge on any atom is 0.195 e. The Balaban J connectivity index is 1.88. The lowest BCUT2D eigenvalue weighted by atomic mass is 10.1. The number of fused-ring (bicyclic) bond motifs is 1. The molecule has 0 aliphatic carbocycles. The van der Waals surface area contributed by atoms with Crippen LogP contribution in [0.2, 0.25) is 5.02 Å². The minimum absolute atomic E-state index is 0.0170. The molecule has 4 rings (SSSR count). The molecular weight excluding hydrogens is 344 g/mol. The third-order valence-electron chi connectivity index (χ3n) is 4.47. The first kappa shape index (κ1) is 15.9. The summed E-state index contributed by atoms with van der Waals surface area (Å²) < 4.78 is 1.77. The van der Waals surface area contributed by atoms with E-state index in [2.05, 4.69) is 20.4 Å². The van der Waals surface area contributed by atoms with Gasteiger partial charge in [0.25, 0.3) is 0 Å². The molecular formula is C16H15ClN6O2. The zero-order valence-electron chi connectivity index (χ0n) is 13.2. The number of rotatable bonds is 4. The van der Waals surface area contributed by atoms with Gasteiger partial charge in [-0.15, -0.1) is 15.1 Å². The number of aliphatic hydroxyl groups is 1. The predicted octanol–water partition coefficient (Wildman–Crippen LogP) is 2.80. The van der Waals surface area contributed by atoms with Gasteiger partial charge in [0.05, 0.1) is 12.6 Å². The Morgan fingerprint density at radius 3 is 3.04 bits per heavy atom. The zero-order chi connectivity index (χ0) is 17.4. The molecule has 25 heavy (non-hydrogen) atoms. The topological polar surface area (TPSA) is 96.0 Å². The summed E-state index contributed by atoms with van der Waals surface area (Å²) >= 11 is 5.94. The van der Waals surface area contributed by atoms with Crippen LogP contribution in [0.5, 0.6) is 0 Å². The van der Waals surface area contributed by atoms with Gasteiger partial charge in [0.1, 0.15) is 5.69 Å². The molecule has 1 aliphatic heterocycles. The smallest absolute Gasteiger partial charge is 0.195 e. The first-order chi connectivity index (χ1) is 12.2. The Labute approximate surface area is 148 Å². The molecule has 3 aromatic rings. The van der Waals surface area contributed by atoms with E-state index in [0.29, 0.717) is 27.9 Å². The van der Waals surface area contributed by atoms with Crippen LogP contribution in [0.25, 0.3) is 17.0 Å². The highest BCUT2D eigenvalue weighted by Gasteiger charge is 2.28. The molecule has 2 aromatic heterocycles. The van der Waals surface area contributed by atoms with Gasteiger partial charge in [-0.2, -0.15) is 0 Å². The number of nitrogens with zero attached hydrogens (tertiary/aromatic N) is 6. The number of halogens is 1. The van der Waals surface area contributed by atoms with E-state index in [4.69, 9.17) is 11.6 Å². The van der Waals surface area contributed by atoms with Crippen molar-refractivity contribution in [2.75, 3.05) is 18.1 Å². The summed E-state index contributed by atoms with van der Waals surface area (Å²) in [7, 11) is 0. The normalized spacial score (nSPS) is 17.4. The second-order valence-electron chi connectivity index (χ2n) is 5.89. The van der Waals surface area contributed by atoms with Crippen molar-refractivity contribution in [3.63, 3.8) is 0 Å². The minimum atomic E-state index is 0.0170. The summed E-state index contributed by atoms with van der Waals surface area (Å²) in [4.78, 5) is 17.6. The molecule has 1 aliphatic rings. The zero-order valence-corrected chi connectivity index (χ0v) is 14.0. The average Bonchev–Trinajstić information content (AvgIpc) is 3.30. The molecule has 0 spiro atoms. The monoisotopic (exact) mass is 358 g/mol. The summed E-state index contributed by atoms with van der Waals surface area (Å²) in [6.45, 7) is 0.858. The molecule has 0 saturated carbocycles. The number of imidazole rings is 1. The van der Waals surface area contributed by atoms with Gasteiger partial charge in [0, 0.05) is 29.5 Å². The van der Waals surface area contributed by atoms with E-state index in [-0.39, 0.29) is 18.3 Å². The Morgan fingerprint density at radius 2 is 2.24 bits per heavy atom. The second-order valence-corrected chi connectivity index (χ2v) is 6.33. The molecule has 0 radical (unpaired) electrons. The average molecular weight is 359 g/mol. The Bertz CT molecular complexity index is 944. The van der Waals surface area contributed by atoms with Crippen LogP contribution in [0.1, 0.15) is 12.8 Å². The molecule has 0 amide bonds. The lowest BCUT2D eigenvalue weighted by molar-refractivity contribution is 0.266. The standard InChI is InChI=1S/C16H15ClN6O2/c17-10-3-4-12(13(8-10)21-25)14-19-20-16(15-18-5-7-23(14)15)22-6-1-2-11(22)9-24/h3-5,7-8,11,24H,1-2,6,9H2/t11-/m0/s1. The van der Waals surface area contributed by atoms with Gasteiger partial charge >= 0.3 is 0 Å². The van der Waals surface area contributed by atoms with Crippen LogP contribution in [0, 0.1) is 4.91 Å². The summed E-state index contributed by atoms with van der Waals surface area (Å²) in [5, 5.41) is 21.7. The number of benzene rings is 1. The quantitative estimate of drug-likeness (QED) is 0.720. The summed E-state index contributed by atoms with van der Waals surface area (Å²) in [5.74, 6) is 1.09. The number of hydrogen-bond donors (Lipinski definition) is 1. The first-order valence-electron chi connectivity index (χ1n) is 7.93. The van der Waals surface area contributed by atoms with Crippen LogP contribution in [-0.2, 0) is 0 Å². The van der Waals surface area contributed by atoms with Crippen molar-refractivity contribution in [2.24, 2.45) is 5.18 Å². The molecule has 1 saturated heterocycles.